The number of nitrogens with one attached hydrogen (secondary N) is 1. The maximum absolute atomic E-state index is 13.2. The number of hydrogen-bond acceptors (Lipinski definition) is 6. The Morgan fingerprint density at radius 1 is 1.15 bits per heavy atom. The molecule has 1 aliphatic rings. The van der Waals surface area contributed by atoms with Crippen LogP contribution in [0.5, 0.6) is 5.75 Å². The van der Waals surface area contributed by atoms with E-state index >= 15 is 0 Å². The maximum atomic E-state index is 13.2. The number of carboxylic acids is 1. The van der Waals surface area contributed by atoms with Crippen LogP contribution in [0.4, 0.5) is 17.3 Å². The van der Waals surface area contributed by atoms with Crippen molar-refractivity contribution in [2.45, 2.75) is 27.2 Å². The second-order valence-corrected chi connectivity index (χ2v) is 9.69. The molecule has 2 aromatic carbocycles. The van der Waals surface area contributed by atoms with E-state index in [4.69, 9.17) is 16.3 Å². The Kier molecular flexibility index (Phi) is 7.21. The van der Waals surface area contributed by atoms with E-state index in [1.807, 2.05) is 61.2 Å². The quantitative estimate of drug-likeness (QED) is 0.205. The first-order chi connectivity index (χ1) is 18.8. The number of pyridine rings is 2. The Bertz CT molecular complexity index is 1650. The van der Waals surface area contributed by atoms with E-state index in [1.54, 1.807) is 25.3 Å². The van der Waals surface area contributed by atoms with Crippen LogP contribution in [0.3, 0.4) is 0 Å². The van der Waals surface area contributed by atoms with Gasteiger partial charge in [0.2, 0.25) is 0 Å². The van der Waals surface area contributed by atoms with Crippen LogP contribution in [0.25, 0.3) is 16.8 Å². The molecule has 1 amide bonds. The molecule has 2 aromatic heterocycles. The fourth-order valence-corrected chi connectivity index (χ4v) is 4.93. The van der Waals surface area contributed by atoms with Gasteiger partial charge in [0.1, 0.15) is 16.7 Å². The zero-order chi connectivity index (χ0) is 27.7. The summed E-state index contributed by atoms with van der Waals surface area (Å²) in [5, 5.41) is 14.4. The van der Waals surface area contributed by atoms with Crippen LogP contribution in [0.15, 0.2) is 60.3 Å². The molecule has 0 fully saturated rings. The van der Waals surface area contributed by atoms with E-state index in [9.17, 15) is 14.7 Å². The number of halogens is 1. The molecular formula is C30H27ClN4O4. The molecule has 8 nitrogen and oxygen atoms in total. The number of carbonyl (C=O) groups excluding carboxylic acids is 1. The van der Waals surface area contributed by atoms with Crippen LogP contribution < -0.4 is 15.0 Å². The number of fused-ring (bicyclic) bond motifs is 3. The Balaban J connectivity index is 1.38. The topological polar surface area (TPSA) is 105 Å². The van der Waals surface area contributed by atoms with Crippen molar-refractivity contribution in [3.05, 3.63) is 87.7 Å². The lowest BCUT2D eigenvalue weighted by Gasteiger charge is -2.23. The van der Waals surface area contributed by atoms with Crippen LogP contribution in [0, 0.1) is 6.92 Å². The third-order valence-corrected chi connectivity index (χ3v) is 6.87. The molecule has 0 saturated heterocycles. The SMILES string of the molecule is CCN1c2ncc(CCOc3ccc(/C=C(\C)C(=O)O)c4ccccc34)cc2C(=O)Nc2c(C)cc(Cl)nc21. The van der Waals surface area contributed by atoms with Gasteiger partial charge in [-0.3, -0.25) is 4.79 Å². The van der Waals surface area contributed by atoms with Gasteiger partial charge in [-0.05, 0) is 67.1 Å². The van der Waals surface area contributed by atoms with Crippen LogP contribution in [-0.2, 0) is 11.2 Å². The molecule has 0 radical (unpaired) electrons. The van der Waals surface area contributed by atoms with Gasteiger partial charge in [0.15, 0.2) is 5.82 Å². The summed E-state index contributed by atoms with van der Waals surface area (Å²) in [5.74, 6) is 0.586. The molecule has 5 rings (SSSR count). The summed E-state index contributed by atoms with van der Waals surface area (Å²) in [7, 11) is 0. The van der Waals surface area contributed by atoms with E-state index in [-0.39, 0.29) is 11.5 Å². The number of ether oxygens (including phenoxy) is 1. The molecule has 0 bridgehead atoms. The van der Waals surface area contributed by atoms with Gasteiger partial charge in [0.05, 0.1) is 17.9 Å². The smallest absolute Gasteiger partial charge is 0.331 e. The highest BCUT2D eigenvalue weighted by atomic mass is 35.5. The predicted molar refractivity (Wildman–Crippen MR) is 153 cm³/mol. The number of carboxylic acid groups (broad SMARTS) is 1. The Morgan fingerprint density at radius 3 is 2.67 bits per heavy atom. The largest absolute Gasteiger partial charge is 0.493 e. The zero-order valence-electron chi connectivity index (χ0n) is 21.8. The summed E-state index contributed by atoms with van der Waals surface area (Å²) in [4.78, 5) is 35.5. The number of anilines is 3. The number of aliphatic carboxylic acids is 1. The van der Waals surface area contributed by atoms with Gasteiger partial charge in [0, 0.05) is 30.1 Å². The van der Waals surface area contributed by atoms with E-state index in [1.165, 1.54) is 0 Å². The molecule has 3 heterocycles. The highest BCUT2D eigenvalue weighted by molar-refractivity contribution is 6.30. The molecule has 0 saturated carbocycles. The minimum Gasteiger partial charge on any atom is -0.493 e. The van der Waals surface area contributed by atoms with Gasteiger partial charge in [-0.1, -0.05) is 41.9 Å². The fraction of sp³-hybridized carbons (Fsp3) is 0.200. The number of nitrogens with zero attached hydrogens (tertiary/aromatic N) is 3. The van der Waals surface area contributed by atoms with Crippen molar-refractivity contribution >= 4 is 57.6 Å². The minimum atomic E-state index is -0.955. The average molecular weight is 543 g/mol. The van der Waals surface area contributed by atoms with Crippen molar-refractivity contribution < 1.29 is 19.4 Å². The highest BCUT2D eigenvalue weighted by Gasteiger charge is 2.28. The Morgan fingerprint density at radius 2 is 1.92 bits per heavy atom. The van der Waals surface area contributed by atoms with Gasteiger partial charge in [-0.15, -0.1) is 0 Å². The third kappa shape index (κ3) is 5.15. The fourth-order valence-electron chi connectivity index (χ4n) is 4.69. The molecular weight excluding hydrogens is 516 g/mol. The van der Waals surface area contributed by atoms with Gasteiger partial charge in [-0.2, -0.15) is 0 Å². The standard InChI is InChI=1S/C30H27ClN4O4/c1-4-35-27-23(29(36)34-26-17(2)14-25(31)33-28(26)35)15-19(16-32-27)11-12-39-24-10-9-20(13-18(3)30(37)38)21-7-5-6-8-22(21)24/h5-10,13-16H,4,11-12H2,1-3H3,(H,34,36)(H,37,38)/b18-13+. The van der Waals surface area contributed by atoms with Crippen molar-refractivity contribution in [3.63, 3.8) is 0 Å². The van der Waals surface area contributed by atoms with Gasteiger partial charge >= 0.3 is 5.97 Å². The van der Waals surface area contributed by atoms with Crippen molar-refractivity contribution in [1.82, 2.24) is 9.97 Å². The number of aromatic nitrogens is 2. The summed E-state index contributed by atoms with van der Waals surface area (Å²) in [6.07, 6.45) is 3.94. The molecule has 9 heteroatoms. The van der Waals surface area contributed by atoms with Gasteiger partial charge in [-0.25, -0.2) is 14.8 Å². The zero-order valence-corrected chi connectivity index (χ0v) is 22.5. The number of hydrogen-bond donors (Lipinski definition) is 2. The molecule has 4 aromatic rings. The first-order valence-corrected chi connectivity index (χ1v) is 13.0. The number of amides is 1. The number of benzene rings is 2. The Hall–Kier alpha value is -4.43. The first-order valence-electron chi connectivity index (χ1n) is 12.6. The third-order valence-electron chi connectivity index (χ3n) is 6.68. The number of rotatable bonds is 7. The first kappa shape index (κ1) is 26.2. The molecule has 198 valence electrons. The summed E-state index contributed by atoms with van der Waals surface area (Å²) in [5.41, 5.74) is 3.83. The molecule has 0 aliphatic carbocycles. The summed E-state index contributed by atoms with van der Waals surface area (Å²) in [6.45, 7) is 6.35. The van der Waals surface area contributed by atoms with E-state index in [2.05, 4.69) is 15.3 Å². The average Bonchev–Trinajstić information content (AvgIpc) is 3.03. The lowest BCUT2D eigenvalue weighted by molar-refractivity contribution is -0.132. The van der Waals surface area contributed by atoms with Crippen LogP contribution >= 0.6 is 11.6 Å². The van der Waals surface area contributed by atoms with E-state index in [0.717, 1.165) is 27.5 Å². The summed E-state index contributed by atoms with van der Waals surface area (Å²) >= 11 is 6.22. The molecule has 1 aliphatic heterocycles. The highest BCUT2D eigenvalue weighted by Crippen LogP contribution is 2.38. The van der Waals surface area contributed by atoms with Crippen molar-refractivity contribution in [2.24, 2.45) is 0 Å². The lowest BCUT2D eigenvalue weighted by Crippen LogP contribution is -2.20. The molecule has 0 atom stereocenters. The number of carbonyl (C=O) groups is 2. The maximum Gasteiger partial charge on any atom is 0.331 e. The van der Waals surface area contributed by atoms with E-state index in [0.29, 0.717) is 53.4 Å². The van der Waals surface area contributed by atoms with Gasteiger partial charge < -0.3 is 20.1 Å². The molecule has 2 N–H and O–H groups in total. The number of aryl methyl sites for hydroxylation is 1. The Labute approximate surface area is 230 Å². The molecule has 0 unspecified atom stereocenters. The monoisotopic (exact) mass is 542 g/mol. The van der Waals surface area contributed by atoms with Crippen molar-refractivity contribution in [3.8, 4) is 5.75 Å². The van der Waals surface area contributed by atoms with Crippen LogP contribution in [0.1, 0.15) is 40.9 Å². The normalized spacial score (nSPS) is 13.0. The molecule has 39 heavy (non-hydrogen) atoms. The van der Waals surface area contributed by atoms with Crippen molar-refractivity contribution in [1.29, 1.82) is 0 Å². The van der Waals surface area contributed by atoms with Crippen molar-refractivity contribution in [2.75, 3.05) is 23.4 Å². The van der Waals surface area contributed by atoms with Crippen LogP contribution in [-0.4, -0.2) is 40.1 Å². The second kappa shape index (κ2) is 10.7. The predicted octanol–water partition coefficient (Wildman–Crippen LogP) is 6.42. The summed E-state index contributed by atoms with van der Waals surface area (Å²) < 4.78 is 6.15. The second-order valence-electron chi connectivity index (χ2n) is 9.30. The summed E-state index contributed by atoms with van der Waals surface area (Å²) in [6, 6.07) is 15.0. The van der Waals surface area contributed by atoms with Crippen LogP contribution in [0.2, 0.25) is 5.15 Å². The van der Waals surface area contributed by atoms with Gasteiger partial charge in [0.25, 0.3) is 5.91 Å². The van der Waals surface area contributed by atoms with E-state index < -0.39 is 5.97 Å². The lowest BCUT2D eigenvalue weighted by atomic mass is 10.0. The molecule has 0 spiro atoms. The minimum absolute atomic E-state index is 0.254.